The lowest BCUT2D eigenvalue weighted by Crippen LogP contribution is -2.30. The molecule has 1 amide bonds. The van der Waals surface area contributed by atoms with E-state index in [2.05, 4.69) is 10.4 Å². The Morgan fingerprint density at radius 1 is 1.05 bits per heavy atom. The van der Waals surface area contributed by atoms with Crippen LogP contribution in [0.15, 0.2) is 70.5 Å². The molecule has 0 saturated heterocycles. The lowest BCUT2D eigenvalue weighted by Gasteiger charge is -2.08. The SMILES string of the molecule is NNC(=O)c1cc(Sc2ccccc2)c2ccccc2n1. The second kappa shape index (κ2) is 5.95. The maximum Gasteiger partial charge on any atom is 0.283 e. The Morgan fingerprint density at radius 3 is 2.52 bits per heavy atom. The lowest BCUT2D eigenvalue weighted by molar-refractivity contribution is 0.0949. The molecule has 3 aromatic rings. The molecule has 5 heteroatoms. The van der Waals surface area contributed by atoms with Gasteiger partial charge >= 0.3 is 0 Å². The highest BCUT2D eigenvalue weighted by Crippen LogP contribution is 2.33. The molecule has 0 aliphatic carbocycles. The number of nitrogen functional groups attached to an aromatic ring is 1. The number of hydrogen-bond donors (Lipinski definition) is 2. The Morgan fingerprint density at radius 2 is 1.76 bits per heavy atom. The van der Waals surface area contributed by atoms with E-state index in [1.807, 2.05) is 54.6 Å². The first kappa shape index (κ1) is 13.6. The number of pyridine rings is 1. The first-order chi connectivity index (χ1) is 10.3. The number of nitrogens with one attached hydrogen (secondary N) is 1. The summed E-state index contributed by atoms with van der Waals surface area (Å²) in [6, 6.07) is 19.5. The zero-order chi connectivity index (χ0) is 14.7. The molecular weight excluding hydrogens is 282 g/mol. The van der Waals surface area contributed by atoms with Crippen molar-refractivity contribution >= 4 is 28.6 Å². The molecule has 0 bridgehead atoms. The number of hydrazine groups is 1. The Balaban J connectivity index is 2.12. The first-order valence-electron chi connectivity index (χ1n) is 6.41. The molecule has 0 spiro atoms. The van der Waals surface area contributed by atoms with Gasteiger partial charge in [-0.15, -0.1) is 0 Å². The number of amides is 1. The van der Waals surface area contributed by atoms with Gasteiger partial charge in [-0.3, -0.25) is 10.2 Å². The van der Waals surface area contributed by atoms with Crippen molar-refractivity contribution in [3.05, 3.63) is 66.4 Å². The fourth-order valence-corrected chi connectivity index (χ4v) is 3.03. The molecule has 1 heterocycles. The van der Waals surface area contributed by atoms with Gasteiger partial charge < -0.3 is 0 Å². The third kappa shape index (κ3) is 2.89. The summed E-state index contributed by atoms with van der Waals surface area (Å²) < 4.78 is 0. The number of benzene rings is 2. The second-order valence-corrected chi connectivity index (χ2v) is 5.53. The van der Waals surface area contributed by atoms with Crippen LogP contribution in [0.4, 0.5) is 0 Å². The number of fused-ring (bicyclic) bond motifs is 1. The summed E-state index contributed by atoms with van der Waals surface area (Å²) >= 11 is 1.60. The van der Waals surface area contributed by atoms with E-state index in [0.29, 0.717) is 5.69 Å². The molecule has 0 saturated carbocycles. The molecule has 1 aromatic heterocycles. The van der Waals surface area contributed by atoms with Crippen LogP contribution in [0.5, 0.6) is 0 Å². The molecule has 104 valence electrons. The molecule has 3 rings (SSSR count). The van der Waals surface area contributed by atoms with E-state index in [0.717, 1.165) is 20.7 Å². The maximum absolute atomic E-state index is 11.8. The molecule has 2 aromatic carbocycles. The van der Waals surface area contributed by atoms with Crippen LogP contribution in [0.2, 0.25) is 0 Å². The Hall–Kier alpha value is -2.37. The van der Waals surface area contributed by atoms with Crippen LogP contribution in [-0.4, -0.2) is 10.9 Å². The van der Waals surface area contributed by atoms with Crippen LogP contribution in [0.1, 0.15) is 10.5 Å². The highest BCUT2D eigenvalue weighted by atomic mass is 32.2. The number of rotatable bonds is 3. The van der Waals surface area contributed by atoms with E-state index in [1.165, 1.54) is 0 Å². The summed E-state index contributed by atoms with van der Waals surface area (Å²) in [6.45, 7) is 0. The number of aromatic nitrogens is 1. The first-order valence-corrected chi connectivity index (χ1v) is 7.23. The quantitative estimate of drug-likeness (QED) is 0.443. The number of nitrogens with zero attached hydrogens (tertiary/aromatic N) is 1. The summed E-state index contributed by atoms with van der Waals surface area (Å²) in [6.07, 6.45) is 0. The summed E-state index contributed by atoms with van der Waals surface area (Å²) in [4.78, 5) is 18.2. The molecule has 0 radical (unpaired) electrons. The van der Waals surface area contributed by atoms with E-state index in [9.17, 15) is 4.79 Å². The normalized spacial score (nSPS) is 10.5. The standard InChI is InChI=1S/C16H13N3OS/c17-19-16(20)14-10-15(21-11-6-2-1-3-7-11)12-8-4-5-9-13(12)18-14/h1-10H,17H2,(H,19,20). The van der Waals surface area contributed by atoms with Crippen LogP contribution >= 0.6 is 11.8 Å². The molecule has 0 atom stereocenters. The van der Waals surface area contributed by atoms with E-state index in [4.69, 9.17) is 5.84 Å². The minimum absolute atomic E-state index is 0.314. The molecule has 0 unspecified atom stereocenters. The van der Waals surface area contributed by atoms with E-state index >= 15 is 0 Å². The number of hydrogen-bond acceptors (Lipinski definition) is 4. The monoisotopic (exact) mass is 295 g/mol. The number of para-hydroxylation sites is 1. The van der Waals surface area contributed by atoms with Crippen molar-refractivity contribution in [2.24, 2.45) is 5.84 Å². The van der Waals surface area contributed by atoms with Crippen LogP contribution in [-0.2, 0) is 0 Å². The minimum atomic E-state index is -0.393. The van der Waals surface area contributed by atoms with Gasteiger partial charge in [-0.2, -0.15) is 0 Å². The topological polar surface area (TPSA) is 68.0 Å². The van der Waals surface area contributed by atoms with Crippen molar-refractivity contribution in [3.63, 3.8) is 0 Å². The van der Waals surface area contributed by atoms with Gasteiger partial charge in [0.2, 0.25) is 0 Å². The van der Waals surface area contributed by atoms with Gasteiger partial charge in [-0.25, -0.2) is 10.8 Å². The molecule has 21 heavy (non-hydrogen) atoms. The second-order valence-electron chi connectivity index (χ2n) is 4.41. The third-order valence-electron chi connectivity index (χ3n) is 3.01. The van der Waals surface area contributed by atoms with Crippen LogP contribution in [0.25, 0.3) is 10.9 Å². The predicted octanol–water partition coefficient (Wildman–Crippen LogP) is 2.99. The zero-order valence-electron chi connectivity index (χ0n) is 11.1. The zero-order valence-corrected chi connectivity index (χ0v) is 11.9. The van der Waals surface area contributed by atoms with Gasteiger partial charge in [0.25, 0.3) is 5.91 Å². The molecule has 0 aliphatic rings. The van der Waals surface area contributed by atoms with Crippen molar-refractivity contribution in [3.8, 4) is 0 Å². The summed E-state index contributed by atoms with van der Waals surface area (Å²) in [5.74, 6) is 4.81. The van der Waals surface area contributed by atoms with Gasteiger partial charge in [-0.05, 0) is 24.3 Å². The van der Waals surface area contributed by atoms with Crippen LogP contribution in [0.3, 0.4) is 0 Å². The van der Waals surface area contributed by atoms with Crippen LogP contribution < -0.4 is 11.3 Å². The van der Waals surface area contributed by atoms with Crippen molar-refractivity contribution in [2.45, 2.75) is 9.79 Å². The largest absolute Gasteiger partial charge is 0.289 e. The average Bonchev–Trinajstić information content (AvgIpc) is 2.55. The summed E-state index contributed by atoms with van der Waals surface area (Å²) in [7, 11) is 0. The van der Waals surface area contributed by atoms with Crippen molar-refractivity contribution in [1.29, 1.82) is 0 Å². The van der Waals surface area contributed by atoms with Gasteiger partial charge in [0.1, 0.15) is 5.69 Å². The van der Waals surface area contributed by atoms with Gasteiger partial charge in [0.05, 0.1) is 5.52 Å². The minimum Gasteiger partial charge on any atom is -0.289 e. The molecule has 0 fully saturated rings. The molecule has 0 aliphatic heterocycles. The fraction of sp³-hybridized carbons (Fsp3) is 0. The fourth-order valence-electron chi connectivity index (χ4n) is 2.03. The Kier molecular flexibility index (Phi) is 3.85. The lowest BCUT2D eigenvalue weighted by atomic mass is 10.2. The van der Waals surface area contributed by atoms with E-state index in [1.54, 1.807) is 17.8 Å². The van der Waals surface area contributed by atoms with Crippen molar-refractivity contribution in [1.82, 2.24) is 10.4 Å². The number of carbonyl (C=O) groups is 1. The van der Waals surface area contributed by atoms with Crippen LogP contribution in [0, 0.1) is 0 Å². The molecular formula is C16H13N3OS. The molecule has 4 nitrogen and oxygen atoms in total. The highest BCUT2D eigenvalue weighted by Gasteiger charge is 2.11. The van der Waals surface area contributed by atoms with Gasteiger partial charge in [0, 0.05) is 15.2 Å². The number of carbonyl (C=O) groups excluding carboxylic acids is 1. The summed E-state index contributed by atoms with van der Waals surface area (Å²) in [5.41, 5.74) is 3.22. The average molecular weight is 295 g/mol. The predicted molar refractivity (Wildman–Crippen MR) is 84.0 cm³/mol. The highest BCUT2D eigenvalue weighted by molar-refractivity contribution is 7.99. The summed E-state index contributed by atoms with van der Waals surface area (Å²) in [5, 5.41) is 1.01. The van der Waals surface area contributed by atoms with Crippen molar-refractivity contribution < 1.29 is 4.79 Å². The van der Waals surface area contributed by atoms with E-state index in [-0.39, 0.29) is 0 Å². The number of nitrogens with two attached hydrogens (primary N) is 1. The van der Waals surface area contributed by atoms with Gasteiger partial charge in [0.15, 0.2) is 0 Å². The third-order valence-corrected chi connectivity index (χ3v) is 4.08. The Labute approximate surface area is 126 Å². The maximum atomic E-state index is 11.8. The molecule has 3 N–H and O–H groups in total. The van der Waals surface area contributed by atoms with Crippen molar-refractivity contribution in [2.75, 3.05) is 0 Å². The van der Waals surface area contributed by atoms with E-state index < -0.39 is 5.91 Å². The Bertz CT molecular complexity index is 790. The smallest absolute Gasteiger partial charge is 0.283 e. The van der Waals surface area contributed by atoms with Gasteiger partial charge in [-0.1, -0.05) is 48.2 Å².